The summed E-state index contributed by atoms with van der Waals surface area (Å²) in [6.45, 7) is 0.448. The highest BCUT2D eigenvalue weighted by molar-refractivity contribution is 6.09. The first-order chi connectivity index (χ1) is 15.1. The lowest BCUT2D eigenvalue weighted by atomic mass is 10.1. The second-order valence-electron chi connectivity index (χ2n) is 6.62. The molecule has 0 aromatic heterocycles. The molecule has 3 aromatic rings. The van der Waals surface area contributed by atoms with Crippen molar-refractivity contribution in [3.05, 3.63) is 89.2 Å². The van der Waals surface area contributed by atoms with Gasteiger partial charge in [0.05, 0.1) is 5.69 Å². The van der Waals surface area contributed by atoms with E-state index in [4.69, 9.17) is 14.2 Å². The third-order valence-corrected chi connectivity index (χ3v) is 4.54. The van der Waals surface area contributed by atoms with Crippen LogP contribution in [0.2, 0.25) is 0 Å². The lowest BCUT2D eigenvalue weighted by molar-refractivity contribution is -0.112. The van der Waals surface area contributed by atoms with Gasteiger partial charge in [0.25, 0.3) is 5.91 Å². The Morgan fingerprint density at radius 3 is 2.71 bits per heavy atom. The molecule has 3 aromatic carbocycles. The predicted octanol–water partition coefficient (Wildman–Crippen LogP) is 4.68. The summed E-state index contributed by atoms with van der Waals surface area (Å²) < 4.78 is 30.4. The van der Waals surface area contributed by atoms with Crippen molar-refractivity contribution in [2.75, 3.05) is 12.1 Å². The van der Waals surface area contributed by atoms with Crippen LogP contribution in [0.3, 0.4) is 0 Å². The van der Waals surface area contributed by atoms with E-state index in [0.29, 0.717) is 22.8 Å². The van der Waals surface area contributed by atoms with Gasteiger partial charge in [-0.25, -0.2) is 4.39 Å². The Kier molecular flexibility index (Phi) is 5.81. The summed E-state index contributed by atoms with van der Waals surface area (Å²) in [5.74, 6) is 0.544. The maximum absolute atomic E-state index is 13.8. The van der Waals surface area contributed by atoms with Crippen molar-refractivity contribution in [2.24, 2.45) is 0 Å². The van der Waals surface area contributed by atoms with Gasteiger partial charge < -0.3 is 19.5 Å². The first-order valence-electron chi connectivity index (χ1n) is 9.42. The molecule has 7 heteroatoms. The SMILES string of the molecule is N#C/C(=C/c1ccccc1OCc1ccc2c(c1)OCO2)C(=O)Nc1ccccc1F. The van der Waals surface area contributed by atoms with Gasteiger partial charge >= 0.3 is 0 Å². The van der Waals surface area contributed by atoms with E-state index >= 15 is 0 Å². The number of nitrogens with one attached hydrogen (secondary N) is 1. The van der Waals surface area contributed by atoms with E-state index in [9.17, 15) is 14.4 Å². The molecule has 0 radical (unpaired) electrons. The number of rotatable bonds is 6. The minimum Gasteiger partial charge on any atom is -0.488 e. The van der Waals surface area contributed by atoms with Crippen LogP contribution in [-0.4, -0.2) is 12.7 Å². The first-order valence-corrected chi connectivity index (χ1v) is 9.42. The summed E-state index contributed by atoms with van der Waals surface area (Å²) in [6.07, 6.45) is 1.41. The number of benzene rings is 3. The van der Waals surface area contributed by atoms with Crippen molar-refractivity contribution in [2.45, 2.75) is 6.61 Å². The van der Waals surface area contributed by atoms with Gasteiger partial charge in [-0.05, 0) is 42.0 Å². The Morgan fingerprint density at radius 1 is 1.10 bits per heavy atom. The van der Waals surface area contributed by atoms with Crippen LogP contribution in [0.25, 0.3) is 6.08 Å². The molecular formula is C24H17FN2O4. The van der Waals surface area contributed by atoms with Crippen LogP contribution in [0.15, 0.2) is 72.3 Å². The van der Waals surface area contributed by atoms with Crippen molar-refractivity contribution in [1.82, 2.24) is 0 Å². The van der Waals surface area contributed by atoms with Crippen molar-refractivity contribution in [3.63, 3.8) is 0 Å². The summed E-state index contributed by atoms with van der Waals surface area (Å²) in [5, 5.41) is 11.9. The average molecular weight is 416 g/mol. The van der Waals surface area contributed by atoms with Gasteiger partial charge in [-0.2, -0.15) is 5.26 Å². The number of amides is 1. The molecule has 0 unspecified atom stereocenters. The normalized spacial score (nSPS) is 12.2. The fourth-order valence-corrected chi connectivity index (χ4v) is 2.98. The highest BCUT2D eigenvalue weighted by atomic mass is 19.1. The van der Waals surface area contributed by atoms with E-state index in [1.807, 2.05) is 24.3 Å². The number of carbonyl (C=O) groups is 1. The van der Waals surface area contributed by atoms with E-state index in [2.05, 4.69) is 5.32 Å². The first kappa shape index (κ1) is 20.0. The molecule has 0 atom stereocenters. The summed E-state index contributed by atoms with van der Waals surface area (Å²) in [6, 6.07) is 20.2. The summed E-state index contributed by atoms with van der Waals surface area (Å²) in [5.41, 5.74) is 1.24. The van der Waals surface area contributed by atoms with E-state index in [0.717, 1.165) is 5.56 Å². The topological polar surface area (TPSA) is 80.6 Å². The summed E-state index contributed by atoms with van der Waals surface area (Å²) in [4.78, 5) is 12.5. The molecule has 1 aliphatic rings. The molecule has 154 valence electrons. The van der Waals surface area contributed by atoms with E-state index in [1.165, 1.54) is 24.3 Å². The van der Waals surface area contributed by atoms with Crippen molar-refractivity contribution < 1.29 is 23.4 Å². The number of nitriles is 1. The van der Waals surface area contributed by atoms with Crippen LogP contribution in [0.4, 0.5) is 10.1 Å². The molecule has 1 aliphatic heterocycles. The molecule has 0 fully saturated rings. The number of halogens is 1. The van der Waals surface area contributed by atoms with Crippen LogP contribution in [-0.2, 0) is 11.4 Å². The number of carbonyl (C=O) groups excluding carboxylic acids is 1. The predicted molar refractivity (Wildman–Crippen MR) is 112 cm³/mol. The Bertz CT molecular complexity index is 1200. The number of ether oxygens (including phenoxy) is 3. The molecule has 6 nitrogen and oxygen atoms in total. The molecule has 1 N–H and O–H groups in total. The van der Waals surface area contributed by atoms with Gasteiger partial charge in [0.2, 0.25) is 6.79 Å². The molecular weight excluding hydrogens is 399 g/mol. The fraction of sp³-hybridized carbons (Fsp3) is 0.0833. The van der Waals surface area contributed by atoms with Crippen molar-refractivity contribution in [1.29, 1.82) is 5.26 Å². The lowest BCUT2D eigenvalue weighted by Crippen LogP contribution is -2.14. The van der Waals surface area contributed by atoms with E-state index in [-0.39, 0.29) is 24.7 Å². The zero-order chi connectivity index (χ0) is 21.6. The van der Waals surface area contributed by atoms with Crippen LogP contribution in [0, 0.1) is 17.1 Å². The average Bonchev–Trinajstić information content (AvgIpc) is 3.26. The molecule has 1 heterocycles. The lowest BCUT2D eigenvalue weighted by Gasteiger charge is -2.10. The summed E-state index contributed by atoms with van der Waals surface area (Å²) >= 11 is 0. The van der Waals surface area contributed by atoms with Gasteiger partial charge in [-0.15, -0.1) is 0 Å². The van der Waals surface area contributed by atoms with Gasteiger partial charge in [-0.1, -0.05) is 36.4 Å². The molecule has 4 rings (SSSR count). The number of para-hydroxylation sites is 2. The molecule has 0 saturated heterocycles. The minimum atomic E-state index is -0.710. The standard InChI is InChI=1S/C24H17FN2O4/c25-19-6-2-3-7-20(19)27-24(28)18(13-26)12-17-5-1-4-8-21(17)29-14-16-9-10-22-23(11-16)31-15-30-22/h1-12H,14-15H2,(H,27,28)/b18-12-. The highest BCUT2D eigenvalue weighted by Gasteiger charge is 2.15. The molecule has 0 saturated carbocycles. The smallest absolute Gasteiger partial charge is 0.266 e. The van der Waals surface area contributed by atoms with Gasteiger partial charge in [0, 0.05) is 5.56 Å². The largest absolute Gasteiger partial charge is 0.488 e. The van der Waals surface area contributed by atoms with Gasteiger partial charge in [0.1, 0.15) is 29.8 Å². The minimum absolute atomic E-state index is 0.000920. The van der Waals surface area contributed by atoms with E-state index in [1.54, 1.807) is 30.3 Å². The maximum Gasteiger partial charge on any atom is 0.266 e. The Morgan fingerprint density at radius 2 is 1.87 bits per heavy atom. The second kappa shape index (κ2) is 9.01. The maximum atomic E-state index is 13.8. The molecule has 0 bridgehead atoms. The Labute approximate surface area is 178 Å². The number of hydrogen-bond acceptors (Lipinski definition) is 5. The second-order valence-corrected chi connectivity index (χ2v) is 6.62. The number of nitrogens with zero attached hydrogens (tertiary/aromatic N) is 1. The quantitative estimate of drug-likeness (QED) is 0.466. The molecule has 0 aliphatic carbocycles. The third-order valence-electron chi connectivity index (χ3n) is 4.54. The van der Waals surface area contributed by atoms with Crippen LogP contribution in [0.5, 0.6) is 17.2 Å². The van der Waals surface area contributed by atoms with Crippen molar-refractivity contribution >= 4 is 17.7 Å². The number of hydrogen-bond donors (Lipinski definition) is 1. The fourth-order valence-electron chi connectivity index (χ4n) is 2.98. The van der Waals surface area contributed by atoms with Crippen LogP contribution < -0.4 is 19.5 Å². The van der Waals surface area contributed by atoms with Gasteiger partial charge in [-0.3, -0.25) is 4.79 Å². The monoisotopic (exact) mass is 416 g/mol. The van der Waals surface area contributed by atoms with Crippen molar-refractivity contribution in [3.8, 4) is 23.3 Å². The third kappa shape index (κ3) is 4.65. The van der Waals surface area contributed by atoms with Gasteiger partial charge in [0.15, 0.2) is 11.5 Å². The Hall–Kier alpha value is -4.31. The zero-order valence-corrected chi connectivity index (χ0v) is 16.3. The Balaban J connectivity index is 1.51. The number of fused-ring (bicyclic) bond motifs is 1. The molecule has 0 spiro atoms. The van der Waals surface area contributed by atoms with E-state index < -0.39 is 11.7 Å². The number of anilines is 1. The highest BCUT2D eigenvalue weighted by Crippen LogP contribution is 2.33. The molecule has 1 amide bonds. The molecule has 31 heavy (non-hydrogen) atoms. The van der Waals surface area contributed by atoms with Crippen LogP contribution in [0.1, 0.15) is 11.1 Å². The van der Waals surface area contributed by atoms with Crippen LogP contribution >= 0.6 is 0 Å². The zero-order valence-electron chi connectivity index (χ0n) is 16.3. The summed E-state index contributed by atoms with van der Waals surface area (Å²) in [7, 11) is 0.